The minimum absolute atomic E-state index is 0.629. The van der Waals surface area contributed by atoms with E-state index in [2.05, 4.69) is 0 Å². The van der Waals surface area contributed by atoms with Gasteiger partial charge in [-0.05, 0) is 51.0 Å². The van der Waals surface area contributed by atoms with E-state index in [0.717, 1.165) is 0 Å². The first-order chi connectivity index (χ1) is 12.2. The Morgan fingerprint density at radius 1 is 0.808 bits per heavy atom. The molecule has 2 atom stereocenters. The molecule has 2 aromatic carbocycles. The molecule has 0 bridgehead atoms. The van der Waals surface area contributed by atoms with E-state index in [4.69, 9.17) is 25.3 Å². The van der Waals surface area contributed by atoms with Crippen LogP contribution >= 0.6 is 7.51 Å². The summed E-state index contributed by atoms with van der Waals surface area (Å²) in [6.45, 7) is 7.79. The molecular formula is C20H30N3O2P. The smallest absolute Gasteiger partial charge is 0.336 e. The standard InChI is InChI=1S/C20H30N3O2P/c1-5-19(3,21)23-26(20(4,22)6-2,24-17-13-9-7-10-14-17)25-18-15-11-8-12-16-18/h7-16H,5-6,21-22H2,1-4H3. The molecule has 0 aliphatic rings. The van der Waals surface area contributed by atoms with Crippen LogP contribution in [0.15, 0.2) is 65.4 Å². The van der Waals surface area contributed by atoms with Crippen LogP contribution in [-0.2, 0) is 0 Å². The third-order valence-corrected chi connectivity index (χ3v) is 7.63. The molecule has 0 saturated heterocycles. The van der Waals surface area contributed by atoms with Crippen LogP contribution in [0.4, 0.5) is 0 Å². The fraction of sp³-hybridized carbons (Fsp3) is 0.400. The fourth-order valence-corrected chi connectivity index (χ4v) is 4.92. The van der Waals surface area contributed by atoms with Crippen molar-refractivity contribution in [3.05, 3.63) is 60.7 Å². The van der Waals surface area contributed by atoms with Crippen LogP contribution in [0.2, 0.25) is 0 Å². The molecule has 2 unspecified atom stereocenters. The molecule has 142 valence electrons. The molecule has 0 amide bonds. The third-order valence-electron chi connectivity index (χ3n) is 4.38. The van der Waals surface area contributed by atoms with E-state index in [0.29, 0.717) is 24.3 Å². The van der Waals surface area contributed by atoms with E-state index in [1.807, 2.05) is 88.4 Å². The van der Waals surface area contributed by atoms with E-state index < -0.39 is 18.5 Å². The van der Waals surface area contributed by atoms with Gasteiger partial charge < -0.3 is 20.5 Å². The van der Waals surface area contributed by atoms with Gasteiger partial charge in [0.25, 0.3) is 0 Å². The van der Waals surface area contributed by atoms with Gasteiger partial charge >= 0.3 is 7.51 Å². The Hall–Kier alpha value is -1.81. The summed E-state index contributed by atoms with van der Waals surface area (Å²) in [5, 5.41) is -0.811. The zero-order valence-corrected chi connectivity index (χ0v) is 16.9. The Kier molecular flexibility index (Phi) is 6.51. The first-order valence-electron chi connectivity index (χ1n) is 8.94. The molecule has 6 heteroatoms. The number of hydrogen-bond acceptors (Lipinski definition) is 5. The lowest BCUT2D eigenvalue weighted by Crippen LogP contribution is -2.42. The summed E-state index contributed by atoms with van der Waals surface area (Å²) in [5.41, 5.74) is 12.3. The highest BCUT2D eigenvalue weighted by Gasteiger charge is 2.45. The van der Waals surface area contributed by atoms with Gasteiger partial charge in [0.15, 0.2) is 0 Å². The van der Waals surface area contributed by atoms with Gasteiger partial charge in [-0.15, -0.1) is 0 Å². The van der Waals surface area contributed by atoms with Crippen molar-refractivity contribution in [3.8, 4) is 11.5 Å². The molecule has 5 nitrogen and oxygen atoms in total. The van der Waals surface area contributed by atoms with Crippen molar-refractivity contribution in [2.45, 2.75) is 51.5 Å². The van der Waals surface area contributed by atoms with Crippen molar-refractivity contribution >= 4 is 7.51 Å². The van der Waals surface area contributed by atoms with E-state index >= 15 is 0 Å². The molecule has 2 rings (SSSR count). The predicted molar refractivity (Wildman–Crippen MR) is 109 cm³/mol. The quantitative estimate of drug-likeness (QED) is 0.610. The number of para-hydroxylation sites is 2. The minimum Gasteiger partial charge on any atom is -0.429 e. The highest BCUT2D eigenvalue weighted by atomic mass is 31.2. The van der Waals surface area contributed by atoms with Gasteiger partial charge in [0.2, 0.25) is 0 Å². The van der Waals surface area contributed by atoms with Gasteiger partial charge in [-0.1, -0.05) is 50.2 Å². The normalized spacial score (nSPS) is 16.2. The van der Waals surface area contributed by atoms with Gasteiger partial charge in [0.05, 0.1) is 0 Å². The second-order valence-electron chi connectivity index (χ2n) is 6.85. The molecule has 4 N–H and O–H groups in total. The highest BCUT2D eigenvalue weighted by Crippen LogP contribution is 2.62. The monoisotopic (exact) mass is 375 g/mol. The second-order valence-corrected chi connectivity index (χ2v) is 9.48. The van der Waals surface area contributed by atoms with Crippen LogP contribution in [-0.4, -0.2) is 10.9 Å². The Morgan fingerprint density at radius 3 is 1.58 bits per heavy atom. The first-order valence-corrected chi connectivity index (χ1v) is 10.5. The van der Waals surface area contributed by atoms with Crippen molar-refractivity contribution < 1.29 is 9.05 Å². The van der Waals surface area contributed by atoms with Gasteiger partial charge in [0.1, 0.15) is 22.4 Å². The van der Waals surface area contributed by atoms with Crippen LogP contribution in [0.3, 0.4) is 0 Å². The SMILES string of the molecule is CCC(C)(N)N=P(Oc1ccccc1)(Oc1ccccc1)C(C)(N)CC. The molecule has 0 aliphatic heterocycles. The Labute approximate surface area is 156 Å². The molecule has 0 saturated carbocycles. The lowest BCUT2D eigenvalue weighted by Gasteiger charge is -2.39. The van der Waals surface area contributed by atoms with Crippen molar-refractivity contribution in [2.24, 2.45) is 16.2 Å². The maximum atomic E-state index is 6.70. The number of hydrogen-bond donors (Lipinski definition) is 2. The first kappa shape index (κ1) is 20.5. The molecule has 0 heterocycles. The number of rotatable bonds is 8. The Bertz CT molecular complexity index is 701. The number of nitrogens with two attached hydrogens (primary N) is 2. The summed E-state index contributed by atoms with van der Waals surface area (Å²) in [4.78, 5) is 0. The molecule has 0 spiro atoms. The topological polar surface area (TPSA) is 82.9 Å². The number of nitrogens with zero attached hydrogens (tertiary/aromatic N) is 1. The van der Waals surface area contributed by atoms with E-state index in [1.54, 1.807) is 0 Å². The fourth-order valence-electron chi connectivity index (χ4n) is 2.20. The van der Waals surface area contributed by atoms with E-state index in [-0.39, 0.29) is 0 Å². The summed E-state index contributed by atoms with van der Waals surface area (Å²) in [6, 6.07) is 19.0. The zero-order chi connectivity index (χ0) is 19.3. The van der Waals surface area contributed by atoms with E-state index in [1.165, 1.54) is 0 Å². The molecule has 0 aliphatic carbocycles. The van der Waals surface area contributed by atoms with Gasteiger partial charge in [-0.2, -0.15) is 0 Å². The molecule has 0 aromatic heterocycles. The largest absolute Gasteiger partial charge is 0.429 e. The Balaban J connectivity index is 2.66. The van der Waals surface area contributed by atoms with Crippen molar-refractivity contribution in [1.82, 2.24) is 0 Å². The summed E-state index contributed by atoms with van der Waals surface area (Å²) in [7, 11) is -3.00. The van der Waals surface area contributed by atoms with Crippen molar-refractivity contribution in [3.63, 3.8) is 0 Å². The lowest BCUT2D eigenvalue weighted by molar-refractivity contribution is 0.391. The molecule has 0 fully saturated rings. The molecule has 0 radical (unpaired) electrons. The second kappa shape index (κ2) is 8.26. The maximum Gasteiger partial charge on any atom is 0.336 e. The van der Waals surface area contributed by atoms with Gasteiger partial charge in [0, 0.05) is 0 Å². The molecule has 26 heavy (non-hydrogen) atoms. The van der Waals surface area contributed by atoms with Crippen LogP contribution in [0.1, 0.15) is 40.5 Å². The van der Waals surface area contributed by atoms with Crippen LogP contribution in [0.25, 0.3) is 0 Å². The minimum atomic E-state index is -3.00. The molecule has 2 aromatic rings. The predicted octanol–water partition coefficient (Wildman–Crippen LogP) is 5.35. The van der Waals surface area contributed by atoms with Crippen molar-refractivity contribution in [1.29, 1.82) is 0 Å². The zero-order valence-electron chi connectivity index (χ0n) is 16.1. The maximum absolute atomic E-state index is 6.70. The van der Waals surface area contributed by atoms with Crippen LogP contribution in [0, 0.1) is 0 Å². The van der Waals surface area contributed by atoms with Gasteiger partial charge in [-0.3, -0.25) is 0 Å². The summed E-state index contributed by atoms with van der Waals surface area (Å²) in [5.74, 6) is 1.33. The highest BCUT2D eigenvalue weighted by molar-refractivity contribution is 7.59. The third kappa shape index (κ3) is 4.88. The number of benzene rings is 2. The summed E-state index contributed by atoms with van der Waals surface area (Å²) >= 11 is 0. The van der Waals surface area contributed by atoms with Crippen molar-refractivity contribution in [2.75, 3.05) is 0 Å². The lowest BCUT2D eigenvalue weighted by atomic mass is 10.2. The summed E-state index contributed by atoms with van der Waals surface area (Å²) in [6.07, 6.45) is 1.27. The average Bonchev–Trinajstić information content (AvgIpc) is 2.63. The molecular weight excluding hydrogens is 345 g/mol. The van der Waals surface area contributed by atoms with Crippen LogP contribution in [0.5, 0.6) is 11.5 Å². The summed E-state index contributed by atoms with van der Waals surface area (Å²) < 4.78 is 17.7. The Morgan fingerprint density at radius 2 is 1.23 bits per heavy atom. The van der Waals surface area contributed by atoms with E-state index in [9.17, 15) is 0 Å². The average molecular weight is 375 g/mol. The van der Waals surface area contributed by atoms with Crippen LogP contribution < -0.4 is 20.5 Å². The van der Waals surface area contributed by atoms with Gasteiger partial charge in [-0.25, -0.2) is 4.74 Å².